The second kappa shape index (κ2) is 10.2. The molecule has 2 aliphatic heterocycles. The van der Waals surface area contributed by atoms with E-state index in [1.807, 2.05) is 24.4 Å². The van der Waals surface area contributed by atoms with E-state index in [2.05, 4.69) is 34.1 Å². The van der Waals surface area contributed by atoms with Gasteiger partial charge in [-0.15, -0.1) is 0 Å². The number of carbonyl (C=O) groups excluding carboxylic acids is 1. The fourth-order valence-electron chi connectivity index (χ4n) is 5.80. The van der Waals surface area contributed by atoms with Crippen LogP contribution in [0.15, 0.2) is 60.8 Å². The van der Waals surface area contributed by atoms with Crippen molar-refractivity contribution in [2.24, 2.45) is 11.3 Å². The number of pyridine rings is 1. The molecule has 3 heterocycles. The highest BCUT2D eigenvalue weighted by molar-refractivity contribution is 5.83. The van der Waals surface area contributed by atoms with E-state index in [9.17, 15) is 9.18 Å². The Morgan fingerprint density at radius 2 is 1.82 bits per heavy atom. The lowest BCUT2D eigenvalue weighted by molar-refractivity contribution is -0.148. The number of nitrogens with zero attached hydrogens (tertiary/aromatic N) is 2. The lowest BCUT2D eigenvalue weighted by Crippen LogP contribution is -2.48. The topological polar surface area (TPSA) is 42.4 Å². The summed E-state index contributed by atoms with van der Waals surface area (Å²) in [5, 5.41) is 1.23. The van der Waals surface area contributed by atoms with Crippen LogP contribution in [0.4, 0.5) is 4.39 Å². The van der Waals surface area contributed by atoms with Gasteiger partial charge in [0.2, 0.25) is 5.91 Å². The molecule has 178 valence electrons. The molecule has 4 nitrogen and oxygen atoms in total. The van der Waals surface area contributed by atoms with Crippen LogP contribution in [0.1, 0.15) is 43.2 Å². The number of fused-ring (bicyclic) bond motifs is 1. The third-order valence-corrected chi connectivity index (χ3v) is 7.77. The first-order valence-corrected chi connectivity index (χ1v) is 12.6. The normalized spacial score (nSPS) is 20.7. The molecule has 1 aromatic heterocycles. The number of amides is 1. The monoisotopic (exact) mass is 460 g/mol. The molecule has 0 radical (unpaired) electrons. The summed E-state index contributed by atoms with van der Waals surface area (Å²) in [5.41, 5.74) is 2.45. The van der Waals surface area contributed by atoms with Gasteiger partial charge in [-0.25, -0.2) is 4.39 Å². The summed E-state index contributed by atoms with van der Waals surface area (Å²) >= 11 is 0. The number of carbonyl (C=O) groups is 1. The van der Waals surface area contributed by atoms with Gasteiger partial charge in [-0.1, -0.05) is 36.4 Å². The molecule has 0 bridgehead atoms. The van der Waals surface area contributed by atoms with Crippen molar-refractivity contribution in [3.05, 3.63) is 77.7 Å². The van der Waals surface area contributed by atoms with Crippen molar-refractivity contribution in [3.8, 4) is 0 Å². The lowest BCUT2D eigenvalue weighted by Gasteiger charge is -2.40. The van der Waals surface area contributed by atoms with E-state index in [1.165, 1.54) is 17.0 Å². The van der Waals surface area contributed by atoms with Gasteiger partial charge in [0.1, 0.15) is 5.82 Å². The van der Waals surface area contributed by atoms with Crippen molar-refractivity contribution in [1.82, 2.24) is 9.88 Å². The van der Waals surface area contributed by atoms with Crippen LogP contribution in [0.3, 0.4) is 0 Å². The Hall–Kier alpha value is -2.79. The van der Waals surface area contributed by atoms with Gasteiger partial charge < -0.3 is 9.64 Å². The van der Waals surface area contributed by atoms with Crippen molar-refractivity contribution >= 4 is 16.8 Å². The third kappa shape index (κ3) is 4.85. The molecule has 0 spiro atoms. The molecule has 1 atom stereocenters. The van der Waals surface area contributed by atoms with Gasteiger partial charge in [0.05, 0.1) is 10.9 Å². The van der Waals surface area contributed by atoms with Crippen molar-refractivity contribution in [3.63, 3.8) is 0 Å². The molecule has 1 unspecified atom stereocenters. The summed E-state index contributed by atoms with van der Waals surface area (Å²) < 4.78 is 20.1. The van der Waals surface area contributed by atoms with Crippen LogP contribution in [0.5, 0.6) is 0 Å². The van der Waals surface area contributed by atoms with Crippen LogP contribution in [0.25, 0.3) is 10.9 Å². The van der Waals surface area contributed by atoms with Gasteiger partial charge in [-0.3, -0.25) is 9.78 Å². The van der Waals surface area contributed by atoms with Crippen LogP contribution in [0, 0.1) is 17.2 Å². The van der Waals surface area contributed by atoms with Crippen LogP contribution in [-0.2, 0) is 22.4 Å². The first-order chi connectivity index (χ1) is 16.6. The maximum Gasteiger partial charge on any atom is 0.229 e. The summed E-state index contributed by atoms with van der Waals surface area (Å²) in [6.07, 6.45) is 7.73. The summed E-state index contributed by atoms with van der Waals surface area (Å²) in [6.45, 7) is 2.68. The first kappa shape index (κ1) is 23.0. The standard InChI is InChI=1S/C29H33FN2O2/c30-26-10-2-1-7-24(26)21-29(13-18-34-19-14-29)28(33)32-16-5-6-22(12-17-32)20-23-8-3-11-27-25(23)9-4-15-31-27/h1-4,7-11,15,22H,5-6,12-14,16-21H2. The Morgan fingerprint density at radius 1 is 1.00 bits per heavy atom. The number of benzene rings is 2. The predicted octanol–water partition coefficient (Wildman–Crippen LogP) is 5.58. The average Bonchev–Trinajstić information content (AvgIpc) is 3.11. The summed E-state index contributed by atoms with van der Waals surface area (Å²) in [6, 6.07) is 17.4. The smallest absolute Gasteiger partial charge is 0.229 e. The first-order valence-electron chi connectivity index (χ1n) is 12.6. The van der Waals surface area contributed by atoms with Gasteiger partial charge in [-0.2, -0.15) is 0 Å². The summed E-state index contributed by atoms with van der Waals surface area (Å²) in [4.78, 5) is 20.5. The Labute approximate surface area is 201 Å². The summed E-state index contributed by atoms with van der Waals surface area (Å²) in [7, 11) is 0. The molecule has 1 amide bonds. The van der Waals surface area contributed by atoms with E-state index >= 15 is 0 Å². The molecule has 5 rings (SSSR count). The molecule has 5 heteroatoms. The maximum atomic E-state index is 14.5. The van der Waals surface area contributed by atoms with Gasteiger partial charge >= 0.3 is 0 Å². The highest BCUT2D eigenvalue weighted by Gasteiger charge is 2.43. The van der Waals surface area contributed by atoms with Crippen molar-refractivity contribution in [2.75, 3.05) is 26.3 Å². The molecule has 2 aromatic carbocycles. The SMILES string of the molecule is O=C(N1CCCC(Cc2cccc3ncccc23)CC1)C1(Cc2ccccc2F)CCOCC1. The highest BCUT2D eigenvalue weighted by Crippen LogP contribution is 2.38. The van der Waals surface area contributed by atoms with Crippen molar-refractivity contribution in [1.29, 1.82) is 0 Å². The van der Waals surface area contributed by atoms with Crippen molar-refractivity contribution in [2.45, 2.75) is 44.9 Å². The zero-order valence-electron chi connectivity index (χ0n) is 19.7. The zero-order chi connectivity index (χ0) is 23.4. The van der Waals surface area contributed by atoms with E-state index in [0.29, 0.717) is 44.0 Å². The molecule has 0 N–H and O–H groups in total. The molecule has 0 aliphatic carbocycles. The lowest BCUT2D eigenvalue weighted by atomic mass is 9.74. The number of rotatable bonds is 5. The number of aromatic nitrogens is 1. The zero-order valence-corrected chi connectivity index (χ0v) is 19.7. The number of likely N-dealkylation sites (tertiary alicyclic amines) is 1. The van der Waals surface area contributed by atoms with Crippen LogP contribution in [0.2, 0.25) is 0 Å². The minimum atomic E-state index is -0.568. The molecule has 2 saturated heterocycles. The van der Waals surface area contributed by atoms with Crippen molar-refractivity contribution < 1.29 is 13.9 Å². The highest BCUT2D eigenvalue weighted by atomic mass is 19.1. The molecule has 34 heavy (non-hydrogen) atoms. The quantitative estimate of drug-likeness (QED) is 0.499. The largest absolute Gasteiger partial charge is 0.381 e. The van der Waals surface area contributed by atoms with E-state index < -0.39 is 5.41 Å². The van der Waals surface area contributed by atoms with Crippen LogP contribution >= 0.6 is 0 Å². The Bertz CT molecular complexity index is 1140. The average molecular weight is 461 g/mol. The molecule has 0 saturated carbocycles. The molecular formula is C29H33FN2O2. The third-order valence-electron chi connectivity index (χ3n) is 7.77. The van der Waals surface area contributed by atoms with Crippen LogP contribution in [-0.4, -0.2) is 42.1 Å². The number of ether oxygens (including phenoxy) is 1. The van der Waals surface area contributed by atoms with Crippen LogP contribution < -0.4 is 0 Å². The van der Waals surface area contributed by atoms with E-state index in [-0.39, 0.29) is 11.7 Å². The fraction of sp³-hybridized carbons (Fsp3) is 0.448. The Kier molecular flexibility index (Phi) is 6.91. The van der Waals surface area contributed by atoms with E-state index in [0.717, 1.165) is 44.3 Å². The number of halogens is 1. The van der Waals surface area contributed by atoms with Gasteiger partial charge in [0.25, 0.3) is 0 Å². The Morgan fingerprint density at radius 3 is 2.68 bits per heavy atom. The molecular weight excluding hydrogens is 427 g/mol. The second-order valence-corrected chi connectivity index (χ2v) is 9.94. The van der Waals surface area contributed by atoms with Gasteiger partial charge in [-0.05, 0) is 80.2 Å². The van der Waals surface area contributed by atoms with E-state index in [4.69, 9.17) is 4.74 Å². The van der Waals surface area contributed by atoms with E-state index in [1.54, 1.807) is 6.07 Å². The number of hydrogen-bond donors (Lipinski definition) is 0. The Balaban J connectivity index is 1.30. The molecule has 2 aliphatic rings. The minimum Gasteiger partial charge on any atom is -0.381 e. The van der Waals surface area contributed by atoms with Gasteiger partial charge in [0, 0.05) is 37.9 Å². The van der Waals surface area contributed by atoms with Gasteiger partial charge in [0.15, 0.2) is 0 Å². The maximum absolute atomic E-state index is 14.5. The summed E-state index contributed by atoms with van der Waals surface area (Å²) in [5.74, 6) is 0.511. The fourth-order valence-corrected chi connectivity index (χ4v) is 5.80. The number of hydrogen-bond acceptors (Lipinski definition) is 3. The molecule has 3 aromatic rings. The molecule has 2 fully saturated rings. The second-order valence-electron chi connectivity index (χ2n) is 9.94. The predicted molar refractivity (Wildman–Crippen MR) is 132 cm³/mol. The minimum absolute atomic E-state index is 0.189.